The molecule has 0 bridgehead atoms. The average molecular weight is 441 g/mol. The highest BCUT2D eigenvalue weighted by Crippen LogP contribution is 2.29. The molecule has 1 aliphatic rings. The van der Waals surface area contributed by atoms with Gasteiger partial charge in [0.15, 0.2) is 12.1 Å². The Morgan fingerprint density at radius 1 is 1.14 bits per heavy atom. The second-order valence-electron chi connectivity index (χ2n) is 7.57. The van der Waals surface area contributed by atoms with E-state index in [2.05, 4.69) is 0 Å². The van der Waals surface area contributed by atoms with Gasteiger partial charge in [0.1, 0.15) is 0 Å². The third kappa shape index (κ3) is 6.49. The van der Waals surface area contributed by atoms with E-state index in [1.807, 2.05) is 18.2 Å². The highest BCUT2D eigenvalue weighted by molar-refractivity contribution is 6.30. The molecular weight excluding hydrogens is 414 g/mol. The Morgan fingerprint density at radius 3 is 2.31 bits per heavy atom. The fourth-order valence-corrected chi connectivity index (χ4v) is 3.79. The number of nitrogens with two attached hydrogens (primary N) is 1. The maximum Gasteiger partial charge on any atom is 0.179 e. The fraction of sp³-hybridized carbons (Fsp3) is 0.409. The Hall–Kier alpha value is -1.50. The number of aliphatic hydroxyl groups is 1. The van der Waals surface area contributed by atoms with Crippen LogP contribution in [0.15, 0.2) is 54.6 Å². The van der Waals surface area contributed by atoms with Crippen molar-refractivity contribution in [2.75, 3.05) is 13.1 Å². The summed E-state index contributed by atoms with van der Waals surface area (Å²) in [4.78, 5) is 14.0. The minimum atomic E-state index is -1.30. The SMILES string of the molecule is Cl.NC(CC(F)N1CCC(O)(Cc2ccc(Cl)cc2)CC1)C(=O)c1ccccc1. The Morgan fingerprint density at radius 2 is 1.72 bits per heavy atom. The fourth-order valence-electron chi connectivity index (χ4n) is 3.66. The summed E-state index contributed by atoms with van der Waals surface area (Å²) in [5.41, 5.74) is 6.60. The van der Waals surface area contributed by atoms with Crippen molar-refractivity contribution in [3.8, 4) is 0 Å². The summed E-state index contributed by atoms with van der Waals surface area (Å²) in [7, 11) is 0. The number of likely N-dealkylation sites (tertiary alicyclic amines) is 1. The van der Waals surface area contributed by atoms with Gasteiger partial charge in [0.2, 0.25) is 0 Å². The molecule has 7 heteroatoms. The number of benzene rings is 2. The Balaban J connectivity index is 0.00000300. The number of hydrogen-bond donors (Lipinski definition) is 2. The van der Waals surface area contributed by atoms with E-state index >= 15 is 0 Å². The quantitative estimate of drug-likeness (QED) is 0.503. The highest BCUT2D eigenvalue weighted by atomic mass is 35.5. The summed E-state index contributed by atoms with van der Waals surface area (Å²) >= 11 is 5.90. The molecule has 1 fully saturated rings. The van der Waals surface area contributed by atoms with Crippen LogP contribution in [0.3, 0.4) is 0 Å². The molecule has 3 rings (SSSR count). The van der Waals surface area contributed by atoms with Crippen molar-refractivity contribution in [1.29, 1.82) is 0 Å². The van der Waals surface area contributed by atoms with Gasteiger partial charge < -0.3 is 10.8 Å². The maximum absolute atomic E-state index is 14.7. The van der Waals surface area contributed by atoms with Gasteiger partial charge in [-0.3, -0.25) is 9.69 Å². The standard InChI is InChI=1S/C22H26ClFN2O2.ClH/c23-18-8-6-16(7-9-18)15-22(28)10-12-26(13-11-22)20(24)14-19(25)21(27)17-4-2-1-3-5-17;/h1-9,19-20,28H,10-15,25H2;1H. The van der Waals surface area contributed by atoms with Gasteiger partial charge in [-0.05, 0) is 30.5 Å². The minimum absolute atomic E-state index is 0. The zero-order chi connectivity index (χ0) is 20.1. The lowest BCUT2D eigenvalue weighted by molar-refractivity contribution is -0.0517. The van der Waals surface area contributed by atoms with Crippen molar-refractivity contribution < 1.29 is 14.3 Å². The number of nitrogens with zero attached hydrogens (tertiary/aromatic N) is 1. The molecular formula is C22H27Cl2FN2O2. The number of rotatable bonds is 7. The second-order valence-corrected chi connectivity index (χ2v) is 8.01. The number of halogens is 3. The van der Waals surface area contributed by atoms with Gasteiger partial charge >= 0.3 is 0 Å². The van der Waals surface area contributed by atoms with E-state index in [1.165, 1.54) is 0 Å². The normalized spacial score (nSPS) is 18.5. The van der Waals surface area contributed by atoms with E-state index in [0.717, 1.165) is 5.56 Å². The van der Waals surface area contributed by atoms with Gasteiger partial charge in [-0.15, -0.1) is 12.4 Å². The summed E-state index contributed by atoms with van der Waals surface area (Å²) < 4.78 is 14.7. The molecule has 29 heavy (non-hydrogen) atoms. The van der Waals surface area contributed by atoms with E-state index in [1.54, 1.807) is 41.3 Å². The van der Waals surface area contributed by atoms with E-state index in [9.17, 15) is 14.3 Å². The zero-order valence-corrected chi connectivity index (χ0v) is 17.7. The molecule has 1 saturated heterocycles. The molecule has 2 unspecified atom stereocenters. The molecule has 158 valence electrons. The van der Waals surface area contributed by atoms with Crippen LogP contribution >= 0.6 is 24.0 Å². The lowest BCUT2D eigenvalue weighted by atomic mass is 9.85. The van der Waals surface area contributed by atoms with Crippen molar-refractivity contribution in [1.82, 2.24) is 4.90 Å². The van der Waals surface area contributed by atoms with Gasteiger partial charge in [-0.1, -0.05) is 54.1 Å². The number of piperidine rings is 1. The summed E-state index contributed by atoms with van der Waals surface area (Å²) in [6.45, 7) is 0.856. The van der Waals surface area contributed by atoms with Crippen LogP contribution in [0.2, 0.25) is 5.02 Å². The highest BCUT2D eigenvalue weighted by Gasteiger charge is 2.35. The number of carbonyl (C=O) groups is 1. The number of alkyl halides is 1. The van der Waals surface area contributed by atoms with Crippen LogP contribution in [-0.2, 0) is 6.42 Å². The average Bonchev–Trinajstić information content (AvgIpc) is 2.70. The number of carbonyl (C=O) groups excluding carboxylic acids is 1. The van der Waals surface area contributed by atoms with Crippen LogP contribution in [0.25, 0.3) is 0 Å². The van der Waals surface area contributed by atoms with Gasteiger partial charge in [-0.25, -0.2) is 4.39 Å². The largest absolute Gasteiger partial charge is 0.389 e. The lowest BCUT2D eigenvalue weighted by Crippen LogP contribution is -2.49. The topological polar surface area (TPSA) is 66.6 Å². The zero-order valence-electron chi connectivity index (χ0n) is 16.1. The van der Waals surface area contributed by atoms with Crippen molar-refractivity contribution in [3.05, 3.63) is 70.7 Å². The number of Topliss-reactive ketones (excluding diaryl/α,β-unsaturated/α-hetero) is 1. The van der Waals surface area contributed by atoms with Crippen LogP contribution in [0.4, 0.5) is 4.39 Å². The van der Waals surface area contributed by atoms with Gasteiger partial charge in [0.25, 0.3) is 0 Å². The molecule has 3 N–H and O–H groups in total. The molecule has 2 aromatic carbocycles. The van der Waals surface area contributed by atoms with Gasteiger partial charge in [0, 0.05) is 36.5 Å². The van der Waals surface area contributed by atoms with E-state index in [-0.39, 0.29) is 24.6 Å². The third-order valence-corrected chi connectivity index (χ3v) is 5.67. The van der Waals surface area contributed by atoms with E-state index in [4.69, 9.17) is 17.3 Å². The molecule has 2 atom stereocenters. The summed E-state index contributed by atoms with van der Waals surface area (Å²) in [5, 5.41) is 11.5. The van der Waals surface area contributed by atoms with E-state index in [0.29, 0.717) is 42.9 Å². The first-order valence-corrected chi connectivity index (χ1v) is 9.94. The molecule has 0 amide bonds. The van der Waals surface area contributed by atoms with Crippen LogP contribution in [0, 0.1) is 0 Å². The second kappa shape index (κ2) is 10.5. The smallest absolute Gasteiger partial charge is 0.179 e. The maximum atomic E-state index is 14.7. The number of ketones is 1. The molecule has 0 saturated carbocycles. The van der Waals surface area contributed by atoms with Gasteiger partial charge in [0.05, 0.1) is 11.6 Å². The van der Waals surface area contributed by atoms with Crippen LogP contribution in [-0.4, -0.2) is 46.8 Å². The molecule has 0 spiro atoms. The molecule has 0 radical (unpaired) electrons. The Labute approximate surface area is 182 Å². The van der Waals surface area contributed by atoms with Crippen LogP contribution < -0.4 is 5.73 Å². The predicted octanol–water partition coefficient (Wildman–Crippen LogP) is 4.03. The molecule has 1 aliphatic heterocycles. The van der Waals surface area contributed by atoms with Crippen molar-refractivity contribution in [3.63, 3.8) is 0 Å². The molecule has 0 aliphatic carbocycles. The van der Waals surface area contributed by atoms with Crippen molar-refractivity contribution >= 4 is 29.8 Å². The molecule has 2 aromatic rings. The minimum Gasteiger partial charge on any atom is -0.389 e. The number of hydrogen-bond acceptors (Lipinski definition) is 4. The lowest BCUT2D eigenvalue weighted by Gasteiger charge is -2.40. The summed E-state index contributed by atoms with van der Waals surface area (Å²) in [6, 6.07) is 15.2. The third-order valence-electron chi connectivity index (χ3n) is 5.41. The first-order valence-electron chi connectivity index (χ1n) is 9.56. The molecule has 4 nitrogen and oxygen atoms in total. The summed E-state index contributed by atoms with van der Waals surface area (Å²) in [6.07, 6.45) is 0.0999. The van der Waals surface area contributed by atoms with Gasteiger partial charge in [-0.2, -0.15) is 0 Å². The first-order chi connectivity index (χ1) is 13.4. The first kappa shape index (κ1) is 23.8. The molecule has 0 aromatic heterocycles. The monoisotopic (exact) mass is 440 g/mol. The van der Waals surface area contributed by atoms with Crippen LogP contribution in [0.1, 0.15) is 35.2 Å². The van der Waals surface area contributed by atoms with Crippen molar-refractivity contribution in [2.45, 2.75) is 43.6 Å². The summed E-state index contributed by atoms with van der Waals surface area (Å²) in [5.74, 6) is -0.250. The van der Waals surface area contributed by atoms with Crippen LogP contribution in [0.5, 0.6) is 0 Å². The van der Waals surface area contributed by atoms with E-state index < -0.39 is 17.9 Å². The Bertz CT molecular complexity index is 781. The Kier molecular flexibility index (Phi) is 8.61. The van der Waals surface area contributed by atoms with Crippen molar-refractivity contribution in [2.24, 2.45) is 5.73 Å². The predicted molar refractivity (Wildman–Crippen MR) is 116 cm³/mol. The molecule has 1 heterocycles.